The van der Waals surface area contributed by atoms with Gasteiger partial charge in [-0.3, -0.25) is 4.79 Å². The molecule has 2 heterocycles. The lowest BCUT2D eigenvalue weighted by molar-refractivity contribution is 0.102. The largest absolute Gasteiger partial charge is 0.497 e. The number of carbonyl (C=O) groups excluding carboxylic acids is 1. The molecule has 3 aromatic rings. The van der Waals surface area contributed by atoms with Gasteiger partial charge < -0.3 is 19.9 Å². The van der Waals surface area contributed by atoms with E-state index in [1.807, 2.05) is 35.8 Å². The average molecular weight is 412 g/mol. The number of benzene rings is 2. The van der Waals surface area contributed by atoms with Gasteiger partial charge in [0.25, 0.3) is 5.91 Å². The molecular weight excluding hydrogens is 391 g/mol. The summed E-state index contributed by atoms with van der Waals surface area (Å²) in [4.78, 5) is 21.3. The Hall–Kier alpha value is -3.13. The van der Waals surface area contributed by atoms with Gasteiger partial charge in [-0.15, -0.1) is 11.3 Å². The van der Waals surface area contributed by atoms with Crippen molar-refractivity contribution in [2.75, 3.05) is 48.4 Å². The first kappa shape index (κ1) is 19.2. The molecule has 1 aromatic heterocycles. The van der Waals surface area contributed by atoms with Crippen LogP contribution in [0.1, 0.15) is 10.4 Å². The molecule has 1 aliphatic rings. The summed E-state index contributed by atoms with van der Waals surface area (Å²) in [5, 5.41) is 5.79. The first-order valence-corrected chi connectivity index (χ1v) is 10.2. The molecular formula is C21H21FN4O2S. The Morgan fingerprint density at radius 2 is 1.83 bits per heavy atom. The maximum Gasteiger partial charge on any atom is 0.258 e. The van der Waals surface area contributed by atoms with Crippen LogP contribution in [0.2, 0.25) is 0 Å². The van der Waals surface area contributed by atoms with Crippen LogP contribution < -0.4 is 19.9 Å². The predicted molar refractivity (Wildman–Crippen MR) is 114 cm³/mol. The molecule has 0 unspecified atom stereocenters. The maximum atomic E-state index is 14.1. The lowest BCUT2D eigenvalue weighted by Crippen LogP contribution is -2.46. The van der Waals surface area contributed by atoms with Gasteiger partial charge in [-0.05, 0) is 36.4 Å². The number of nitrogens with zero attached hydrogens (tertiary/aromatic N) is 3. The van der Waals surface area contributed by atoms with Gasteiger partial charge in [0.2, 0.25) is 0 Å². The van der Waals surface area contributed by atoms with Gasteiger partial charge in [-0.1, -0.05) is 0 Å². The second-order valence-electron chi connectivity index (χ2n) is 6.64. The summed E-state index contributed by atoms with van der Waals surface area (Å²) in [6, 6.07) is 11.8. The molecule has 1 amide bonds. The topological polar surface area (TPSA) is 57.7 Å². The van der Waals surface area contributed by atoms with Crippen LogP contribution in [0.15, 0.2) is 54.0 Å². The zero-order chi connectivity index (χ0) is 20.2. The van der Waals surface area contributed by atoms with E-state index in [1.165, 1.54) is 19.2 Å². The number of hydrogen-bond donors (Lipinski definition) is 1. The summed E-state index contributed by atoms with van der Waals surface area (Å²) < 4.78 is 19.0. The zero-order valence-electron chi connectivity index (χ0n) is 16.0. The number of aromatic nitrogens is 1. The van der Waals surface area contributed by atoms with Gasteiger partial charge in [0.05, 0.1) is 12.7 Å². The van der Waals surface area contributed by atoms with Crippen molar-refractivity contribution in [2.24, 2.45) is 0 Å². The average Bonchev–Trinajstić information content (AvgIpc) is 3.29. The number of nitrogens with one attached hydrogen (secondary N) is 1. The molecule has 0 radical (unpaired) electrons. The molecule has 0 atom stereocenters. The number of amides is 1. The number of hydrogen-bond acceptors (Lipinski definition) is 6. The molecule has 0 aliphatic carbocycles. The standard InChI is InChI=1S/C21H21FN4O2S/c1-28-17-6-7-18(19(22)14-17)20(27)24-15-2-4-16(5-3-15)25-9-11-26(12-10-25)21-23-8-13-29-21/h2-8,13-14H,9-12H2,1H3,(H,24,27). The van der Waals surface area contributed by atoms with Crippen molar-refractivity contribution in [2.45, 2.75) is 0 Å². The zero-order valence-corrected chi connectivity index (χ0v) is 16.8. The Kier molecular flexibility index (Phi) is 5.62. The van der Waals surface area contributed by atoms with E-state index >= 15 is 0 Å². The Labute approximate surface area is 172 Å². The molecule has 29 heavy (non-hydrogen) atoms. The highest BCUT2D eigenvalue weighted by Gasteiger charge is 2.19. The summed E-state index contributed by atoms with van der Waals surface area (Å²) >= 11 is 1.66. The monoisotopic (exact) mass is 412 g/mol. The van der Waals surface area contributed by atoms with E-state index in [0.29, 0.717) is 11.4 Å². The van der Waals surface area contributed by atoms with Gasteiger partial charge in [0, 0.05) is 55.2 Å². The van der Waals surface area contributed by atoms with Crippen molar-refractivity contribution in [3.05, 3.63) is 65.4 Å². The highest BCUT2D eigenvalue weighted by Crippen LogP contribution is 2.24. The van der Waals surface area contributed by atoms with E-state index in [4.69, 9.17) is 4.74 Å². The van der Waals surface area contributed by atoms with Crippen molar-refractivity contribution in [1.82, 2.24) is 4.98 Å². The third-order valence-corrected chi connectivity index (χ3v) is 5.71. The fourth-order valence-corrected chi connectivity index (χ4v) is 3.99. The van der Waals surface area contributed by atoms with Crippen LogP contribution >= 0.6 is 11.3 Å². The van der Waals surface area contributed by atoms with Gasteiger partial charge in [0.15, 0.2) is 5.13 Å². The third-order valence-electron chi connectivity index (χ3n) is 4.88. The number of carbonyl (C=O) groups is 1. The fourth-order valence-electron chi connectivity index (χ4n) is 3.29. The molecule has 8 heteroatoms. The number of piperazine rings is 1. The molecule has 4 rings (SSSR count). The second kappa shape index (κ2) is 8.48. The van der Waals surface area contributed by atoms with Crippen LogP contribution in [0.25, 0.3) is 0 Å². The summed E-state index contributed by atoms with van der Waals surface area (Å²) in [6.45, 7) is 3.65. The van der Waals surface area contributed by atoms with E-state index in [-0.39, 0.29) is 5.56 Å². The number of ether oxygens (including phenoxy) is 1. The van der Waals surface area contributed by atoms with Crippen LogP contribution in [0, 0.1) is 5.82 Å². The fraction of sp³-hybridized carbons (Fsp3) is 0.238. The predicted octanol–water partition coefficient (Wildman–Crippen LogP) is 3.87. The lowest BCUT2D eigenvalue weighted by atomic mass is 10.1. The number of halogens is 1. The number of rotatable bonds is 5. The molecule has 150 valence electrons. The van der Waals surface area contributed by atoms with Crippen LogP contribution in [-0.4, -0.2) is 44.2 Å². The van der Waals surface area contributed by atoms with E-state index in [9.17, 15) is 9.18 Å². The highest BCUT2D eigenvalue weighted by molar-refractivity contribution is 7.13. The number of thiazole rings is 1. The third kappa shape index (κ3) is 4.32. The Balaban J connectivity index is 1.36. The van der Waals surface area contributed by atoms with Crippen molar-refractivity contribution in [3.63, 3.8) is 0 Å². The van der Waals surface area contributed by atoms with Crippen LogP contribution in [0.4, 0.5) is 20.9 Å². The lowest BCUT2D eigenvalue weighted by Gasteiger charge is -2.36. The first-order valence-electron chi connectivity index (χ1n) is 9.28. The molecule has 0 spiro atoms. The Morgan fingerprint density at radius 1 is 1.10 bits per heavy atom. The molecule has 2 aromatic carbocycles. The van der Waals surface area contributed by atoms with Crippen molar-refractivity contribution in [3.8, 4) is 5.75 Å². The first-order chi connectivity index (χ1) is 14.1. The minimum atomic E-state index is -0.614. The van der Waals surface area contributed by atoms with Gasteiger partial charge in [-0.2, -0.15) is 0 Å². The maximum absolute atomic E-state index is 14.1. The van der Waals surface area contributed by atoms with E-state index < -0.39 is 11.7 Å². The Bertz CT molecular complexity index is 971. The second-order valence-corrected chi connectivity index (χ2v) is 7.51. The van der Waals surface area contributed by atoms with E-state index in [0.717, 1.165) is 37.0 Å². The van der Waals surface area contributed by atoms with Gasteiger partial charge in [0.1, 0.15) is 11.6 Å². The van der Waals surface area contributed by atoms with Crippen LogP contribution in [-0.2, 0) is 0 Å². The minimum Gasteiger partial charge on any atom is -0.497 e. The number of methoxy groups -OCH3 is 1. The smallest absolute Gasteiger partial charge is 0.258 e. The van der Waals surface area contributed by atoms with Crippen molar-refractivity contribution < 1.29 is 13.9 Å². The quantitative estimate of drug-likeness (QED) is 0.690. The van der Waals surface area contributed by atoms with E-state index in [2.05, 4.69) is 20.1 Å². The molecule has 6 nitrogen and oxygen atoms in total. The molecule has 1 N–H and O–H groups in total. The molecule has 0 bridgehead atoms. The number of anilines is 3. The normalized spacial score (nSPS) is 14.0. The molecule has 1 fully saturated rings. The summed E-state index contributed by atoms with van der Waals surface area (Å²) in [7, 11) is 1.45. The minimum absolute atomic E-state index is 0.0202. The molecule has 1 saturated heterocycles. The van der Waals surface area contributed by atoms with E-state index in [1.54, 1.807) is 17.4 Å². The van der Waals surface area contributed by atoms with Crippen molar-refractivity contribution >= 4 is 33.8 Å². The summed E-state index contributed by atoms with van der Waals surface area (Å²) in [5.41, 5.74) is 1.70. The van der Waals surface area contributed by atoms with Crippen LogP contribution in [0.3, 0.4) is 0 Å². The SMILES string of the molecule is COc1ccc(C(=O)Nc2ccc(N3CCN(c4nccs4)CC3)cc2)c(F)c1. The molecule has 1 aliphatic heterocycles. The summed E-state index contributed by atoms with van der Waals surface area (Å²) in [5.74, 6) is -0.732. The summed E-state index contributed by atoms with van der Waals surface area (Å²) in [6.07, 6.45) is 1.83. The van der Waals surface area contributed by atoms with Crippen molar-refractivity contribution in [1.29, 1.82) is 0 Å². The van der Waals surface area contributed by atoms with Crippen LogP contribution in [0.5, 0.6) is 5.75 Å². The highest BCUT2D eigenvalue weighted by atomic mass is 32.1. The Morgan fingerprint density at radius 3 is 2.45 bits per heavy atom. The van der Waals surface area contributed by atoms with Gasteiger partial charge >= 0.3 is 0 Å². The molecule has 0 saturated carbocycles. The van der Waals surface area contributed by atoms with Gasteiger partial charge in [-0.25, -0.2) is 9.37 Å².